The van der Waals surface area contributed by atoms with Gasteiger partial charge in [0.05, 0.1) is 28.0 Å². The van der Waals surface area contributed by atoms with E-state index in [0.717, 1.165) is 12.1 Å². The first-order valence-electron chi connectivity index (χ1n) is 8.81. The number of oxime groups is 1. The van der Waals surface area contributed by atoms with Crippen molar-refractivity contribution in [3.63, 3.8) is 0 Å². The van der Waals surface area contributed by atoms with Gasteiger partial charge in [0, 0.05) is 12.0 Å². The van der Waals surface area contributed by atoms with Crippen LogP contribution in [-0.4, -0.2) is 17.8 Å². The Hall–Kier alpha value is -1.90. The summed E-state index contributed by atoms with van der Waals surface area (Å²) in [4.78, 5) is 16.4. The van der Waals surface area contributed by atoms with Gasteiger partial charge in [-0.2, -0.15) is 13.2 Å². The number of halogens is 6. The number of aryl methyl sites for hydroxylation is 1. The first-order valence-corrected chi connectivity index (χ1v) is 9.95. The van der Waals surface area contributed by atoms with Crippen LogP contribution in [0, 0.1) is 6.92 Å². The highest BCUT2D eigenvalue weighted by Crippen LogP contribution is 2.50. The molecular weight excluding hydrogens is 468 g/mol. The average molecular weight is 484 g/mol. The molecule has 1 unspecified atom stereocenters. The second-order valence-corrected chi connectivity index (χ2v) is 7.92. The van der Waals surface area contributed by atoms with Gasteiger partial charge in [-0.15, -0.1) is 0 Å². The summed E-state index contributed by atoms with van der Waals surface area (Å²) in [5.41, 5.74) is -2.50. The lowest BCUT2D eigenvalue weighted by atomic mass is 9.87. The molecule has 162 valence electrons. The molecule has 1 aromatic heterocycles. The Morgan fingerprint density at radius 3 is 2.43 bits per heavy atom. The lowest BCUT2D eigenvalue weighted by molar-refractivity contribution is -0.275. The van der Waals surface area contributed by atoms with Crippen LogP contribution in [0.1, 0.15) is 42.4 Å². The molecule has 11 heteroatoms. The van der Waals surface area contributed by atoms with E-state index in [-0.39, 0.29) is 44.6 Å². The average Bonchev–Trinajstić information content (AvgIpc) is 3.28. The largest absolute Gasteiger partial charge is 0.457 e. The van der Waals surface area contributed by atoms with Crippen molar-refractivity contribution in [3.05, 3.63) is 55.9 Å². The number of rotatable bonds is 5. The van der Waals surface area contributed by atoms with Crippen molar-refractivity contribution in [3.8, 4) is 0 Å². The van der Waals surface area contributed by atoms with E-state index >= 15 is 0 Å². The molecule has 0 saturated carbocycles. The monoisotopic (exact) mass is 482 g/mol. The quantitative estimate of drug-likeness (QED) is 0.518. The molecule has 0 fully saturated rings. The van der Waals surface area contributed by atoms with Crippen molar-refractivity contribution in [2.45, 2.75) is 45.0 Å². The summed E-state index contributed by atoms with van der Waals surface area (Å²) in [7, 11) is 0. The fraction of sp³-hybridized carbons (Fsp3) is 0.368. The smallest absolute Gasteiger partial charge is 0.435 e. The number of carbonyl (C=O) groups is 1. The molecule has 3 rings (SSSR count). The third-order valence-corrected chi connectivity index (χ3v) is 5.91. The Kier molecular flexibility index (Phi) is 6.32. The molecule has 0 spiro atoms. The van der Waals surface area contributed by atoms with Gasteiger partial charge in [-0.05, 0) is 30.7 Å². The first-order chi connectivity index (χ1) is 14.0. The first kappa shape index (κ1) is 22.8. The van der Waals surface area contributed by atoms with Gasteiger partial charge in [-0.25, -0.2) is 0 Å². The van der Waals surface area contributed by atoms with Crippen molar-refractivity contribution in [1.82, 2.24) is 5.32 Å². The zero-order valence-corrected chi connectivity index (χ0v) is 18.1. The van der Waals surface area contributed by atoms with Gasteiger partial charge in [0.15, 0.2) is 5.76 Å². The van der Waals surface area contributed by atoms with Crippen LogP contribution in [0.15, 0.2) is 27.8 Å². The number of alkyl halides is 3. The molecule has 1 aliphatic heterocycles. The van der Waals surface area contributed by atoms with Crippen molar-refractivity contribution in [2.75, 3.05) is 0 Å². The summed E-state index contributed by atoms with van der Waals surface area (Å²) in [6, 6.07) is 3.66. The minimum atomic E-state index is -4.84. The number of nitrogens with zero attached hydrogens (tertiary/aromatic N) is 1. The molecule has 0 radical (unpaired) electrons. The molecule has 30 heavy (non-hydrogen) atoms. The Labute approximate surface area is 185 Å². The number of hydrogen-bond acceptors (Lipinski definition) is 4. The minimum absolute atomic E-state index is 0.0364. The molecule has 1 aromatic carbocycles. The van der Waals surface area contributed by atoms with Gasteiger partial charge in [-0.3, -0.25) is 4.79 Å². The van der Waals surface area contributed by atoms with Crippen LogP contribution in [0.4, 0.5) is 13.2 Å². The summed E-state index contributed by atoms with van der Waals surface area (Å²) in [5.74, 6) is 0.351. The van der Waals surface area contributed by atoms with Crippen LogP contribution >= 0.6 is 34.8 Å². The molecule has 2 aromatic rings. The second kappa shape index (κ2) is 8.32. The molecule has 0 saturated heterocycles. The van der Waals surface area contributed by atoms with Crippen LogP contribution in [-0.2, 0) is 21.8 Å². The lowest BCUT2D eigenvalue weighted by Crippen LogP contribution is -2.42. The molecule has 0 aliphatic carbocycles. The highest BCUT2D eigenvalue weighted by atomic mass is 35.5. The summed E-state index contributed by atoms with van der Waals surface area (Å²) in [6.07, 6.45) is -5.19. The molecule has 0 bridgehead atoms. The SMILES string of the molecule is CCC(=O)NCc1oc(C2=NOC(c3cc(Cl)c(Cl)c(Cl)c3)(C(F)(F)F)C2)cc1C. The summed E-state index contributed by atoms with van der Waals surface area (Å²) in [6.45, 7) is 3.53. The maximum Gasteiger partial charge on any atom is 0.435 e. The number of amides is 1. The van der Waals surface area contributed by atoms with Gasteiger partial charge >= 0.3 is 6.18 Å². The Balaban J connectivity index is 1.92. The third-order valence-electron chi connectivity index (χ3n) is 4.71. The Bertz CT molecular complexity index is 997. The third kappa shape index (κ3) is 4.13. The van der Waals surface area contributed by atoms with Crippen molar-refractivity contribution in [2.24, 2.45) is 5.16 Å². The fourth-order valence-electron chi connectivity index (χ4n) is 2.97. The van der Waals surface area contributed by atoms with Crippen LogP contribution < -0.4 is 5.32 Å². The van der Waals surface area contributed by atoms with E-state index in [1.165, 1.54) is 0 Å². The normalized spacial score (nSPS) is 18.9. The predicted molar refractivity (Wildman–Crippen MR) is 107 cm³/mol. The van der Waals surface area contributed by atoms with Gasteiger partial charge in [0.1, 0.15) is 11.5 Å². The number of carbonyl (C=O) groups excluding carboxylic acids is 1. The fourth-order valence-corrected chi connectivity index (χ4v) is 3.56. The van der Waals surface area contributed by atoms with E-state index in [9.17, 15) is 18.0 Å². The van der Waals surface area contributed by atoms with Gasteiger partial charge in [0.25, 0.3) is 5.60 Å². The maximum absolute atomic E-state index is 14.1. The lowest BCUT2D eigenvalue weighted by Gasteiger charge is -2.29. The minimum Gasteiger partial charge on any atom is -0.457 e. The Morgan fingerprint density at radius 2 is 1.87 bits per heavy atom. The number of furan rings is 1. The summed E-state index contributed by atoms with van der Waals surface area (Å²) < 4.78 is 47.9. The number of hydrogen-bond donors (Lipinski definition) is 1. The van der Waals surface area contributed by atoms with Gasteiger partial charge < -0.3 is 14.6 Å². The van der Waals surface area contributed by atoms with E-state index in [4.69, 9.17) is 44.1 Å². The van der Waals surface area contributed by atoms with E-state index < -0.39 is 18.2 Å². The molecule has 5 nitrogen and oxygen atoms in total. The topological polar surface area (TPSA) is 63.8 Å². The zero-order valence-electron chi connectivity index (χ0n) is 15.8. The standard InChI is InChI=1S/C19H16Cl3F3N2O3/c1-3-16(28)26-8-15-9(2)4-14(29-15)13-7-18(30-27-13,19(23,24)25)10-5-11(20)17(22)12(21)6-10/h4-6H,3,7-8H2,1-2H3,(H,26,28). The van der Waals surface area contributed by atoms with Crippen LogP contribution in [0.5, 0.6) is 0 Å². The van der Waals surface area contributed by atoms with Crippen molar-refractivity contribution in [1.29, 1.82) is 0 Å². The Morgan fingerprint density at radius 1 is 1.23 bits per heavy atom. The molecule has 1 atom stereocenters. The van der Waals surface area contributed by atoms with E-state index in [1.807, 2.05) is 0 Å². The number of nitrogens with one attached hydrogen (secondary N) is 1. The molecule has 1 amide bonds. The zero-order chi connectivity index (χ0) is 22.3. The predicted octanol–water partition coefficient (Wildman–Crippen LogP) is 6.16. The van der Waals surface area contributed by atoms with E-state index in [0.29, 0.717) is 17.7 Å². The van der Waals surface area contributed by atoms with Crippen LogP contribution in [0.25, 0.3) is 0 Å². The molecule has 2 heterocycles. The van der Waals surface area contributed by atoms with Gasteiger partial charge in [-0.1, -0.05) is 46.9 Å². The van der Waals surface area contributed by atoms with Crippen molar-refractivity contribution >= 4 is 46.4 Å². The van der Waals surface area contributed by atoms with Gasteiger partial charge in [0.2, 0.25) is 5.91 Å². The van der Waals surface area contributed by atoms with E-state index in [2.05, 4.69) is 10.5 Å². The molecule has 1 aliphatic rings. The summed E-state index contributed by atoms with van der Waals surface area (Å²) in [5, 5.41) is 5.97. The highest BCUT2D eigenvalue weighted by Gasteiger charge is 2.62. The molecule has 1 N–H and O–H groups in total. The van der Waals surface area contributed by atoms with E-state index in [1.54, 1.807) is 19.9 Å². The highest BCUT2D eigenvalue weighted by molar-refractivity contribution is 6.48. The second-order valence-electron chi connectivity index (χ2n) is 6.73. The van der Waals surface area contributed by atoms with Crippen LogP contribution in [0.2, 0.25) is 15.1 Å². The maximum atomic E-state index is 14.1. The molecular formula is C19H16Cl3F3N2O3. The number of benzene rings is 1. The summed E-state index contributed by atoms with van der Waals surface area (Å²) >= 11 is 17.7. The van der Waals surface area contributed by atoms with Crippen LogP contribution in [0.3, 0.4) is 0 Å². The van der Waals surface area contributed by atoms with Crippen molar-refractivity contribution < 1.29 is 27.2 Å².